The number of hydrogen-bond donors (Lipinski definition) is 2. The van der Waals surface area contributed by atoms with Gasteiger partial charge in [-0.25, -0.2) is 4.39 Å². The lowest BCUT2D eigenvalue weighted by atomic mass is 10.1. The van der Waals surface area contributed by atoms with E-state index in [0.29, 0.717) is 28.6 Å². The number of primary amides is 1. The zero-order valence-electron chi connectivity index (χ0n) is 11.3. The maximum Gasteiger partial charge on any atom is 0.248 e. The minimum atomic E-state index is -0.527. The Balaban J connectivity index is 2.22. The van der Waals surface area contributed by atoms with E-state index in [1.807, 2.05) is 0 Å². The number of methoxy groups -OCH3 is 1. The summed E-state index contributed by atoms with van der Waals surface area (Å²) < 4.78 is 18.2. The van der Waals surface area contributed by atoms with Crippen LogP contribution in [0.1, 0.15) is 15.9 Å². The maximum absolute atomic E-state index is 13.0. The Morgan fingerprint density at radius 3 is 2.71 bits per heavy atom. The monoisotopic (exact) mass is 308 g/mol. The molecule has 0 bridgehead atoms. The average molecular weight is 309 g/mol. The molecule has 4 nitrogen and oxygen atoms in total. The third kappa shape index (κ3) is 3.64. The first-order chi connectivity index (χ1) is 10.0. The smallest absolute Gasteiger partial charge is 0.248 e. The molecule has 0 aromatic heterocycles. The molecule has 0 fully saturated rings. The van der Waals surface area contributed by atoms with Gasteiger partial charge in [-0.1, -0.05) is 17.7 Å². The lowest BCUT2D eigenvalue weighted by Gasteiger charge is -2.13. The Labute approximate surface area is 126 Å². The highest BCUT2D eigenvalue weighted by molar-refractivity contribution is 6.31. The number of carbonyl (C=O) groups excluding carboxylic acids is 1. The molecule has 110 valence electrons. The molecular weight excluding hydrogens is 295 g/mol. The van der Waals surface area contributed by atoms with Crippen molar-refractivity contribution in [1.29, 1.82) is 0 Å². The fraction of sp³-hybridized carbons (Fsp3) is 0.133. The van der Waals surface area contributed by atoms with Crippen LogP contribution < -0.4 is 15.8 Å². The number of amides is 1. The number of benzene rings is 2. The van der Waals surface area contributed by atoms with Gasteiger partial charge >= 0.3 is 0 Å². The molecule has 0 radical (unpaired) electrons. The number of anilines is 1. The number of hydrogen-bond acceptors (Lipinski definition) is 3. The van der Waals surface area contributed by atoms with Crippen LogP contribution in [0.4, 0.5) is 10.1 Å². The average Bonchev–Trinajstić information content (AvgIpc) is 2.46. The lowest BCUT2D eigenvalue weighted by Crippen LogP contribution is -2.12. The van der Waals surface area contributed by atoms with Crippen LogP contribution in [0.15, 0.2) is 36.4 Å². The van der Waals surface area contributed by atoms with Crippen LogP contribution in [0, 0.1) is 5.82 Å². The molecule has 0 spiro atoms. The molecule has 6 heteroatoms. The summed E-state index contributed by atoms with van der Waals surface area (Å²) in [5.74, 6) is -0.351. The van der Waals surface area contributed by atoms with Gasteiger partial charge in [0.05, 0.1) is 12.8 Å². The van der Waals surface area contributed by atoms with Crippen LogP contribution in [0.3, 0.4) is 0 Å². The second kappa shape index (κ2) is 6.45. The largest absolute Gasteiger partial charge is 0.495 e. The van der Waals surface area contributed by atoms with E-state index in [0.717, 1.165) is 5.56 Å². The topological polar surface area (TPSA) is 64.3 Å². The lowest BCUT2D eigenvalue weighted by molar-refractivity contribution is 0.100. The Hall–Kier alpha value is -2.27. The Kier molecular flexibility index (Phi) is 4.65. The van der Waals surface area contributed by atoms with Gasteiger partial charge in [-0.3, -0.25) is 4.79 Å². The zero-order chi connectivity index (χ0) is 15.4. The Morgan fingerprint density at radius 1 is 1.33 bits per heavy atom. The van der Waals surface area contributed by atoms with Crippen molar-refractivity contribution < 1.29 is 13.9 Å². The molecule has 0 heterocycles. The molecule has 0 saturated heterocycles. The minimum Gasteiger partial charge on any atom is -0.495 e. The molecule has 0 atom stereocenters. The van der Waals surface area contributed by atoms with Crippen LogP contribution in [0.2, 0.25) is 5.02 Å². The number of carbonyl (C=O) groups is 1. The van der Waals surface area contributed by atoms with E-state index in [4.69, 9.17) is 22.1 Å². The van der Waals surface area contributed by atoms with Crippen LogP contribution in [-0.4, -0.2) is 13.0 Å². The van der Waals surface area contributed by atoms with Crippen molar-refractivity contribution in [2.45, 2.75) is 6.54 Å². The van der Waals surface area contributed by atoms with E-state index in [2.05, 4.69) is 5.32 Å². The van der Waals surface area contributed by atoms with Crippen molar-refractivity contribution in [3.8, 4) is 5.75 Å². The van der Waals surface area contributed by atoms with E-state index >= 15 is 0 Å². The standard InChI is InChI=1S/C15H14ClFN2O2/c1-21-14-5-3-9(15(18)20)6-13(14)19-8-10-2-4-11(17)7-12(10)16/h2-7,19H,8H2,1H3,(H2,18,20). The minimum absolute atomic E-state index is 0.326. The zero-order valence-corrected chi connectivity index (χ0v) is 12.1. The fourth-order valence-electron chi connectivity index (χ4n) is 1.85. The van der Waals surface area contributed by atoms with Crippen molar-refractivity contribution in [3.63, 3.8) is 0 Å². The number of halogens is 2. The molecule has 2 aromatic carbocycles. The number of ether oxygens (including phenoxy) is 1. The van der Waals surface area contributed by atoms with E-state index < -0.39 is 11.7 Å². The third-order valence-electron chi connectivity index (χ3n) is 2.97. The van der Waals surface area contributed by atoms with Gasteiger partial charge in [0, 0.05) is 17.1 Å². The summed E-state index contributed by atoms with van der Waals surface area (Å²) in [6.45, 7) is 0.359. The van der Waals surface area contributed by atoms with Gasteiger partial charge in [-0.15, -0.1) is 0 Å². The van der Waals surface area contributed by atoms with E-state index in [9.17, 15) is 9.18 Å². The second-order valence-corrected chi connectivity index (χ2v) is 4.78. The van der Waals surface area contributed by atoms with Crippen LogP contribution >= 0.6 is 11.6 Å². The molecule has 0 saturated carbocycles. The predicted octanol–water partition coefficient (Wildman–Crippen LogP) is 3.20. The number of nitrogens with two attached hydrogens (primary N) is 1. The van der Waals surface area contributed by atoms with E-state index in [1.165, 1.54) is 19.2 Å². The molecule has 0 aliphatic carbocycles. The number of nitrogens with one attached hydrogen (secondary N) is 1. The first-order valence-electron chi connectivity index (χ1n) is 6.17. The highest BCUT2D eigenvalue weighted by Gasteiger charge is 2.09. The van der Waals surface area contributed by atoms with E-state index in [1.54, 1.807) is 24.3 Å². The predicted molar refractivity (Wildman–Crippen MR) is 80.2 cm³/mol. The first kappa shape index (κ1) is 15.1. The summed E-state index contributed by atoms with van der Waals surface area (Å²) in [4.78, 5) is 11.2. The number of rotatable bonds is 5. The summed E-state index contributed by atoms with van der Waals surface area (Å²) in [7, 11) is 1.52. The van der Waals surface area contributed by atoms with Crippen LogP contribution in [0.25, 0.3) is 0 Å². The van der Waals surface area contributed by atoms with Crippen LogP contribution in [0.5, 0.6) is 5.75 Å². The molecule has 3 N–H and O–H groups in total. The summed E-state index contributed by atoms with van der Waals surface area (Å²) in [6, 6.07) is 9.00. The SMILES string of the molecule is COc1ccc(C(N)=O)cc1NCc1ccc(F)cc1Cl. The summed E-state index contributed by atoms with van der Waals surface area (Å²) in [6.07, 6.45) is 0. The second-order valence-electron chi connectivity index (χ2n) is 4.37. The highest BCUT2D eigenvalue weighted by Crippen LogP contribution is 2.27. The molecule has 0 aliphatic heterocycles. The molecular formula is C15H14ClFN2O2. The summed E-state index contributed by atoms with van der Waals surface area (Å²) in [5.41, 5.74) is 6.95. The third-order valence-corrected chi connectivity index (χ3v) is 3.32. The van der Waals surface area contributed by atoms with Gasteiger partial charge in [0.25, 0.3) is 0 Å². The first-order valence-corrected chi connectivity index (χ1v) is 6.54. The Morgan fingerprint density at radius 2 is 2.10 bits per heavy atom. The summed E-state index contributed by atoms with van der Waals surface area (Å²) in [5, 5.41) is 3.42. The van der Waals surface area contributed by atoms with Crippen molar-refractivity contribution >= 4 is 23.2 Å². The van der Waals surface area contributed by atoms with Gasteiger partial charge in [0.2, 0.25) is 5.91 Å². The van der Waals surface area contributed by atoms with Crippen molar-refractivity contribution in [2.24, 2.45) is 5.73 Å². The normalized spacial score (nSPS) is 10.2. The Bertz CT molecular complexity index is 677. The van der Waals surface area contributed by atoms with E-state index in [-0.39, 0.29) is 0 Å². The molecule has 0 aliphatic rings. The fourth-order valence-corrected chi connectivity index (χ4v) is 2.09. The van der Waals surface area contributed by atoms with Gasteiger partial charge in [0.1, 0.15) is 11.6 Å². The molecule has 21 heavy (non-hydrogen) atoms. The highest BCUT2D eigenvalue weighted by atomic mass is 35.5. The van der Waals surface area contributed by atoms with Gasteiger partial charge in [-0.05, 0) is 35.9 Å². The van der Waals surface area contributed by atoms with Gasteiger partial charge < -0.3 is 15.8 Å². The molecule has 2 aromatic rings. The van der Waals surface area contributed by atoms with Crippen molar-refractivity contribution in [2.75, 3.05) is 12.4 Å². The van der Waals surface area contributed by atoms with Crippen LogP contribution in [-0.2, 0) is 6.54 Å². The van der Waals surface area contributed by atoms with Gasteiger partial charge in [0.15, 0.2) is 0 Å². The molecule has 0 unspecified atom stereocenters. The van der Waals surface area contributed by atoms with Crippen molar-refractivity contribution in [1.82, 2.24) is 0 Å². The quantitative estimate of drug-likeness (QED) is 0.891. The maximum atomic E-state index is 13.0. The van der Waals surface area contributed by atoms with Crippen molar-refractivity contribution in [3.05, 3.63) is 58.4 Å². The summed E-state index contributed by atoms with van der Waals surface area (Å²) >= 11 is 5.97. The molecule has 2 rings (SSSR count). The van der Waals surface area contributed by atoms with Gasteiger partial charge in [-0.2, -0.15) is 0 Å². The molecule has 1 amide bonds.